The monoisotopic (exact) mass is 327 g/mol. The third kappa shape index (κ3) is 4.96. The van der Waals surface area contributed by atoms with Crippen molar-refractivity contribution in [2.24, 2.45) is 11.8 Å². The fraction of sp³-hybridized carbons (Fsp3) is 1.00. The SMILES string of the molecule is CC(C(CC1CCCN(S(C)(=O)=O)C1)NN)S(C)(=O)=O. The van der Waals surface area contributed by atoms with Crippen molar-refractivity contribution >= 4 is 19.9 Å². The van der Waals surface area contributed by atoms with Gasteiger partial charge in [0.05, 0.1) is 11.5 Å². The third-order valence-corrected chi connectivity index (χ3v) is 6.94. The quantitative estimate of drug-likeness (QED) is 0.494. The maximum absolute atomic E-state index is 11.6. The normalized spacial score (nSPS) is 25.3. The van der Waals surface area contributed by atoms with Crippen molar-refractivity contribution < 1.29 is 16.8 Å². The molecule has 0 bridgehead atoms. The minimum Gasteiger partial charge on any atom is -0.271 e. The second-order valence-electron chi connectivity index (χ2n) is 5.67. The summed E-state index contributed by atoms with van der Waals surface area (Å²) in [5.74, 6) is 5.59. The number of piperidine rings is 1. The number of nitrogens with one attached hydrogen (secondary N) is 1. The van der Waals surface area contributed by atoms with Gasteiger partial charge in [-0.1, -0.05) is 0 Å². The Hall–Kier alpha value is -0.220. The van der Waals surface area contributed by atoms with Crippen LogP contribution in [0.2, 0.25) is 0 Å². The molecule has 1 fully saturated rings. The van der Waals surface area contributed by atoms with Gasteiger partial charge in [0.2, 0.25) is 10.0 Å². The third-order valence-electron chi connectivity index (χ3n) is 3.99. The molecule has 1 aliphatic rings. The van der Waals surface area contributed by atoms with Gasteiger partial charge in [-0.15, -0.1) is 0 Å². The predicted octanol–water partition coefficient (Wildman–Crippen LogP) is -0.687. The zero-order valence-electron chi connectivity index (χ0n) is 12.2. The summed E-state index contributed by atoms with van der Waals surface area (Å²) >= 11 is 0. The summed E-state index contributed by atoms with van der Waals surface area (Å²) in [6.45, 7) is 2.60. The van der Waals surface area contributed by atoms with Crippen LogP contribution >= 0.6 is 0 Å². The molecular weight excluding hydrogens is 302 g/mol. The summed E-state index contributed by atoms with van der Waals surface area (Å²) in [5.41, 5.74) is 2.56. The summed E-state index contributed by atoms with van der Waals surface area (Å²) in [6, 6.07) is -0.366. The predicted molar refractivity (Wildman–Crippen MR) is 79.2 cm³/mol. The molecule has 0 aliphatic carbocycles. The molecule has 0 amide bonds. The van der Waals surface area contributed by atoms with Gasteiger partial charge in [0, 0.05) is 25.4 Å². The molecule has 7 nitrogen and oxygen atoms in total. The topological polar surface area (TPSA) is 110 Å². The first-order valence-corrected chi connectivity index (χ1v) is 10.5. The maximum atomic E-state index is 11.6. The Morgan fingerprint density at radius 1 is 1.30 bits per heavy atom. The van der Waals surface area contributed by atoms with Gasteiger partial charge >= 0.3 is 0 Å². The highest BCUT2D eigenvalue weighted by molar-refractivity contribution is 7.91. The highest BCUT2D eigenvalue weighted by atomic mass is 32.2. The number of hydrogen-bond acceptors (Lipinski definition) is 6. The molecule has 0 aromatic rings. The van der Waals surface area contributed by atoms with Crippen molar-refractivity contribution in [3.63, 3.8) is 0 Å². The van der Waals surface area contributed by atoms with Gasteiger partial charge in [0.25, 0.3) is 0 Å². The zero-order valence-corrected chi connectivity index (χ0v) is 13.9. The van der Waals surface area contributed by atoms with Crippen molar-refractivity contribution in [1.82, 2.24) is 9.73 Å². The Kier molecular flexibility index (Phi) is 5.97. The molecule has 9 heteroatoms. The minimum absolute atomic E-state index is 0.128. The van der Waals surface area contributed by atoms with Crippen LogP contribution < -0.4 is 11.3 Å². The molecular formula is C11H25N3O4S2. The van der Waals surface area contributed by atoms with E-state index < -0.39 is 25.1 Å². The van der Waals surface area contributed by atoms with Crippen LogP contribution in [-0.4, -0.2) is 58.0 Å². The van der Waals surface area contributed by atoms with Crippen LogP contribution in [0.4, 0.5) is 0 Å². The molecule has 120 valence electrons. The average molecular weight is 327 g/mol. The van der Waals surface area contributed by atoms with Crippen molar-refractivity contribution in [2.45, 2.75) is 37.5 Å². The standard InChI is InChI=1S/C11H25N3O4S2/c1-9(19(2,15)16)11(13-12)7-10-5-4-6-14(8-10)20(3,17)18/h9-11,13H,4-8,12H2,1-3H3. The van der Waals surface area contributed by atoms with E-state index in [1.807, 2.05) is 0 Å². The van der Waals surface area contributed by atoms with Gasteiger partial charge in [-0.25, -0.2) is 21.1 Å². The lowest BCUT2D eigenvalue weighted by Gasteiger charge is -2.34. The number of sulfone groups is 1. The number of sulfonamides is 1. The molecule has 1 saturated heterocycles. The molecule has 0 spiro atoms. The average Bonchev–Trinajstić information content (AvgIpc) is 2.33. The van der Waals surface area contributed by atoms with E-state index in [4.69, 9.17) is 5.84 Å². The first kappa shape index (κ1) is 17.8. The Labute approximate surface area is 121 Å². The van der Waals surface area contributed by atoms with E-state index in [0.29, 0.717) is 19.5 Å². The van der Waals surface area contributed by atoms with Crippen molar-refractivity contribution in [3.8, 4) is 0 Å². The largest absolute Gasteiger partial charge is 0.271 e. The molecule has 3 N–H and O–H groups in total. The Balaban J connectivity index is 2.71. The molecule has 1 rings (SSSR count). The molecule has 0 saturated carbocycles. The first-order chi connectivity index (χ1) is 9.05. The van der Waals surface area contributed by atoms with E-state index in [-0.39, 0.29) is 12.0 Å². The number of nitrogens with zero attached hydrogens (tertiary/aromatic N) is 1. The van der Waals surface area contributed by atoms with Crippen molar-refractivity contribution in [3.05, 3.63) is 0 Å². The second-order valence-corrected chi connectivity index (χ2v) is 10.1. The number of hydrogen-bond donors (Lipinski definition) is 2. The Bertz CT molecular complexity index is 518. The van der Waals surface area contributed by atoms with Gasteiger partial charge in [-0.2, -0.15) is 0 Å². The van der Waals surface area contributed by atoms with Crippen LogP contribution in [-0.2, 0) is 19.9 Å². The lowest BCUT2D eigenvalue weighted by molar-refractivity contribution is 0.236. The number of rotatable bonds is 6. The lowest BCUT2D eigenvalue weighted by atomic mass is 9.91. The molecule has 0 radical (unpaired) electrons. The van der Waals surface area contributed by atoms with Gasteiger partial charge in [-0.05, 0) is 32.1 Å². The van der Waals surface area contributed by atoms with Crippen LogP contribution in [0.3, 0.4) is 0 Å². The van der Waals surface area contributed by atoms with E-state index >= 15 is 0 Å². The summed E-state index contributed by atoms with van der Waals surface area (Å²) in [6.07, 6.45) is 4.62. The lowest BCUT2D eigenvalue weighted by Crippen LogP contribution is -2.49. The smallest absolute Gasteiger partial charge is 0.211 e. The van der Waals surface area contributed by atoms with Crippen LogP contribution in [0.25, 0.3) is 0 Å². The van der Waals surface area contributed by atoms with Crippen molar-refractivity contribution in [2.75, 3.05) is 25.6 Å². The minimum atomic E-state index is -3.19. The van der Waals surface area contributed by atoms with Crippen LogP contribution in [0, 0.1) is 5.92 Å². The number of hydrazine groups is 1. The van der Waals surface area contributed by atoms with Gasteiger partial charge in [0.1, 0.15) is 0 Å². The van der Waals surface area contributed by atoms with Gasteiger partial charge < -0.3 is 0 Å². The zero-order chi connectivity index (χ0) is 15.6. The molecule has 0 aromatic carbocycles. The van der Waals surface area contributed by atoms with Crippen molar-refractivity contribution in [1.29, 1.82) is 0 Å². The molecule has 1 heterocycles. The molecule has 3 atom stereocenters. The van der Waals surface area contributed by atoms with Crippen LogP contribution in [0.1, 0.15) is 26.2 Å². The van der Waals surface area contributed by atoms with Gasteiger partial charge in [-0.3, -0.25) is 11.3 Å². The molecule has 3 unspecified atom stereocenters. The molecule has 1 aliphatic heterocycles. The first-order valence-electron chi connectivity index (χ1n) is 6.65. The summed E-state index contributed by atoms with van der Waals surface area (Å²) in [4.78, 5) is 0. The van der Waals surface area contributed by atoms with E-state index in [2.05, 4.69) is 5.43 Å². The summed E-state index contributed by atoms with van der Waals surface area (Å²) < 4.78 is 47.8. The molecule has 20 heavy (non-hydrogen) atoms. The Morgan fingerprint density at radius 3 is 2.35 bits per heavy atom. The summed E-state index contributed by atoms with van der Waals surface area (Å²) in [7, 11) is -6.37. The summed E-state index contributed by atoms with van der Waals surface area (Å²) in [5, 5.41) is -0.596. The van der Waals surface area contributed by atoms with E-state index in [1.54, 1.807) is 6.92 Å². The van der Waals surface area contributed by atoms with E-state index in [9.17, 15) is 16.8 Å². The highest BCUT2D eigenvalue weighted by Crippen LogP contribution is 2.24. The molecule has 0 aromatic heterocycles. The fourth-order valence-electron chi connectivity index (χ4n) is 2.57. The fourth-order valence-corrected chi connectivity index (χ4v) is 4.30. The second kappa shape index (κ2) is 6.69. The van der Waals surface area contributed by atoms with Gasteiger partial charge in [0.15, 0.2) is 9.84 Å². The Morgan fingerprint density at radius 2 is 1.90 bits per heavy atom. The number of nitrogens with two attached hydrogens (primary N) is 1. The van der Waals surface area contributed by atoms with E-state index in [0.717, 1.165) is 12.8 Å². The van der Waals surface area contributed by atoms with E-state index in [1.165, 1.54) is 16.8 Å². The maximum Gasteiger partial charge on any atom is 0.211 e. The van der Waals surface area contributed by atoms with Crippen LogP contribution in [0.15, 0.2) is 0 Å². The van der Waals surface area contributed by atoms with Crippen LogP contribution in [0.5, 0.6) is 0 Å². The highest BCUT2D eigenvalue weighted by Gasteiger charge is 2.31.